The molecule has 0 unspecified atom stereocenters. The monoisotopic (exact) mass is 411 g/mol. The Hall–Kier alpha value is -2.58. The van der Waals surface area contributed by atoms with E-state index in [2.05, 4.69) is 15.3 Å². The average molecular weight is 412 g/mol. The van der Waals surface area contributed by atoms with Gasteiger partial charge in [-0.2, -0.15) is 4.98 Å². The number of fused-ring (bicyclic) bond motifs is 1. The Morgan fingerprint density at radius 1 is 1.31 bits per heavy atom. The molecular formula is C21H25N5O2S. The van der Waals surface area contributed by atoms with E-state index in [1.54, 1.807) is 24.8 Å². The molecule has 0 aliphatic heterocycles. The molecule has 1 amide bonds. The van der Waals surface area contributed by atoms with Gasteiger partial charge < -0.3 is 15.0 Å². The summed E-state index contributed by atoms with van der Waals surface area (Å²) in [5, 5.41) is 3.81. The van der Waals surface area contributed by atoms with Gasteiger partial charge in [0.05, 0.1) is 17.0 Å². The minimum absolute atomic E-state index is 0.0438. The number of ether oxygens (including phenoxy) is 1. The number of benzene rings is 1. The molecule has 0 spiro atoms. The Bertz CT molecular complexity index is 974. The number of amides is 1. The van der Waals surface area contributed by atoms with Gasteiger partial charge in [0, 0.05) is 26.1 Å². The van der Waals surface area contributed by atoms with E-state index in [9.17, 15) is 4.79 Å². The Labute approximate surface area is 174 Å². The molecule has 1 fully saturated rings. The fourth-order valence-electron chi connectivity index (χ4n) is 3.25. The van der Waals surface area contributed by atoms with Gasteiger partial charge in [-0.1, -0.05) is 41.7 Å². The van der Waals surface area contributed by atoms with Gasteiger partial charge >= 0.3 is 0 Å². The van der Waals surface area contributed by atoms with Crippen LogP contribution in [0.2, 0.25) is 0 Å². The summed E-state index contributed by atoms with van der Waals surface area (Å²) in [7, 11) is 1.66. The van der Waals surface area contributed by atoms with Crippen molar-refractivity contribution in [3.63, 3.8) is 0 Å². The summed E-state index contributed by atoms with van der Waals surface area (Å²) in [5.74, 6) is 0.477. The largest absolute Gasteiger partial charge is 0.383 e. The van der Waals surface area contributed by atoms with Crippen molar-refractivity contribution < 1.29 is 9.53 Å². The molecule has 1 atom stereocenters. The topological polar surface area (TPSA) is 80.2 Å². The van der Waals surface area contributed by atoms with Crippen molar-refractivity contribution in [2.45, 2.75) is 38.3 Å². The van der Waals surface area contributed by atoms with E-state index in [0.29, 0.717) is 31.3 Å². The van der Waals surface area contributed by atoms with Gasteiger partial charge in [-0.15, -0.1) is 0 Å². The Balaban J connectivity index is 1.54. The van der Waals surface area contributed by atoms with Crippen molar-refractivity contribution >= 4 is 32.7 Å². The third-order valence-electron chi connectivity index (χ3n) is 5.11. The van der Waals surface area contributed by atoms with Crippen LogP contribution >= 0.6 is 11.3 Å². The number of carbonyl (C=O) groups is 1. The van der Waals surface area contributed by atoms with Crippen LogP contribution in [0.3, 0.4) is 0 Å². The lowest BCUT2D eigenvalue weighted by molar-refractivity contribution is -0.122. The molecule has 3 aromatic rings. The second-order valence-electron chi connectivity index (χ2n) is 7.25. The van der Waals surface area contributed by atoms with Crippen molar-refractivity contribution in [2.24, 2.45) is 0 Å². The second kappa shape index (κ2) is 8.84. The Morgan fingerprint density at radius 3 is 2.83 bits per heavy atom. The van der Waals surface area contributed by atoms with E-state index in [4.69, 9.17) is 9.72 Å². The molecule has 0 bridgehead atoms. The van der Waals surface area contributed by atoms with Crippen LogP contribution in [0.1, 0.15) is 36.9 Å². The highest BCUT2D eigenvalue weighted by Gasteiger charge is 2.30. The lowest BCUT2D eigenvalue weighted by atomic mass is 10.2. The Kier molecular flexibility index (Phi) is 6.01. The summed E-state index contributed by atoms with van der Waals surface area (Å²) in [5.41, 5.74) is 2.87. The summed E-state index contributed by atoms with van der Waals surface area (Å²) in [6.45, 7) is 3.48. The minimum atomic E-state index is -0.383. The highest BCUT2D eigenvalue weighted by atomic mass is 32.1. The van der Waals surface area contributed by atoms with Crippen molar-refractivity contribution in [1.82, 2.24) is 20.3 Å². The number of hydrogen-bond acceptors (Lipinski definition) is 7. The molecule has 8 heteroatoms. The molecule has 4 rings (SSSR count). The van der Waals surface area contributed by atoms with E-state index in [1.807, 2.05) is 42.2 Å². The lowest BCUT2D eigenvalue weighted by Gasteiger charge is -2.27. The third kappa shape index (κ3) is 4.54. The number of anilines is 1. The number of thiazole rings is 1. The number of nitrogens with one attached hydrogen (secondary N) is 1. The van der Waals surface area contributed by atoms with Crippen molar-refractivity contribution in [1.29, 1.82) is 0 Å². The second-order valence-corrected chi connectivity index (χ2v) is 8.23. The first kappa shape index (κ1) is 19.7. The van der Waals surface area contributed by atoms with E-state index >= 15 is 0 Å². The quantitative estimate of drug-likeness (QED) is 0.583. The van der Waals surface area contributed by atoms with Crippen molar-refractivity contribution in [3.8, 4) is 0 Å². The molecule has 2 heterocycles. The average Bonchev–Trinajstić information content (AvgIpc) is 3.50. The zero-order valence-corrected chi connectivity index (χ0v) is 17.5. The van der Waals surface area contributed by atoms with Crippen molar-refractivity contribution in [3.05, 3.63) is 47.9 Å². The molecule has 0 radical (unpaired) electrons. The molecule has 0 saturated heterocycles. The number of carbonyl (C=O) groups excluding carboxylic acids is 1. The number of rotatable bonds is 9. The maximum absolute atomic E-state index is 12.8. The van der Waals surface area contributed by atoms with Gasteiger partial charge in [-0.3, -0.25) is 4.79 Å². The normalized spacial score (nSPS) is 14.7. The van der Waals surface area contributed by atoms with Gasteiger partial charge in [0.1, 0.15) is 12.4 Å². The Morgan fingerprint density at radius 2 is 2.10 bits per heavy atom. The first-order valence-electron chi connectivity index (χ1n) is 9.86. The zero-order valence-electron chi connectivity index (χ0n) is 16.7. The zero-order chi connectivity index (χ0) is 20.2. The van der Waals surface area contributed by atoms with E-state index in [0.717, 1.165) is 21.1 Å². The highest BCUT2D eigenvalue weighted by molar-refractivity contribution is 7.22. The lowest BCUT2D eigenvalue weighted by Crippen LogP contribution is -2.46. The molecule has 152 valence electrons. The SMILES string of the molecule is COCCN(c1nc2ncnc(C3CC3)c2s1)[C@H](C)C(=O)NCc1ccccc1. The first-order chi connectivity index (χ1) is 14.2. The predicted octanol–water partition coefficient (Wildman–Crippen LogP) is 3.12. The van der Waals surface area contributed by atoms with E-state index in [-0.39, 0.29) is 11.9 Å². The minimum Gasteiger partial charge on any atom is -0.383 e. The molecule has 1 aliphatic rings. The highest BCUT2D eigenvalue weighted by Crippen LogP contribution is 2.43. The summed E-state index contributed by atoms with van der Waals surface area (Å²) in [6.07, 6.45) is 3.94. The van der Waals surface area contributed by atoms with Crippen LogP contribution in [0.15, 0.2) is 36.7 Å². The molecule has 2 aromatic heterocycles. The summed E-state index contributed by atoms with van der Waals surface area (Å²) >= 11 is 1.57. The smallest absolute Gasteiger partial charge is 0.242 e. The number of methoxy groups -OCH3 is 1. The van der Waals surface area contributed by atoms with Gasteiger partial charge in [0.15, 0.2) is 10.8 Å². The maximum Gasteiger partial charge on any atom is 0.242 e. The van der Waals surface area contributed by atoms with E-state index in [1.165, 1.54) is 12.8 Å². The fourth-order valence-corrected chi connectivity index (χ4v) is 4.44. The molecule has 29 heavy (non-hydrogen) atoms. The van der Waals surface area contributed by atoms with Gasteiger partial charge in [0.25, 0.3) is 0 Å². The number of nitrogens with zero attached hydrogens (tertiary/aromatic N) is 4. The molecule has 1 aliphatic carbocycles. The van der Waals surface area contributed by atoms with Crippen LogP contribution in [0, 0.1) is 0 Å². The molecule has 1 N–H and O–H groups in total. The van der Waals surface area contributed by atoms with Crippen LogP contribution in [-0.2, 0) is 16.1 Å². The summed E-state index contributed by atoms with van der Waals surface area (Å²) < 4.78 is 6.31. The molecule has 1 saturated carbocycles. The van der Waals surface area contributed by atoms with Gasteiger partial charge in [-0.05, 0) is 25.3 Å². The standard InChI is InChI=1S/C21H25N5O2S/c1-14(20(27)22-12-15-6-4-3-5-7-15)26(10-11-28-2)21-25-19-18(29-21)17(16-8-9-16)23-13-24-19/h3-7,13-14,16H,8-12H2,1-2H3,(H,22,27)/t14-/m1/s1. The first-order valence-corrected chi connectivity index (χ1v) is 10.7. The summed E-state index contributed by atoms with van der Waals surface area (Å²) in [4.78, 5) is 28.4. The molecule has 1 aromatic carbocycles. The molecular weight excluding hydrogens is 386 g/mol. The van der Waals surface area contributed by atoms with E-state index < -0.39 is 0 Å². The van der Waals surface area contributed by atoms with Gasteiger partial charge in [-0.25, -0.2) is 9.97 Å². The fraction of sp³-hybridized carbons (Fsp3) is 0.429. The summed E-state index contributed by atoms with van der Waals surface area (Å²) in [6, 6.07) is 9.52. The predicted molar refractivity (Wildman–Crippen MR) is 114 cm³/mol. The van der Waals surface area contributed by atoms with Crippen molar-refractivity contribution in [2.75, 3.05) is 25.2 Å². The van der Waals surface area contributed by atoms with Crippen LogP contribution in [0.4, 0.5) is 5.13 Å². The van der Waals surface area contributed by atoms with Gasteiger partial charge in [0.2, 0.25) is 5.91 Å². The third-order valence-corrected chi connectivity index (χ3v) is 6.21. The number of hydrogen-bond donors (Lipinski definition) is 1. The van der Waals surface area contributed by atoms with Crippen LogP contribution < -0.4 is 10.2 Å². The van der Waals surface area contributed by atoms with Crippen LogP contribution in [-0.4, -0.2) is 47.2 Å². The number of aromatic nitrogens is 3. The molecule has 7 nitrogen and oxygen atoms in total. The maximum atomic E-state index is 12.8. The van der Waals surface area contributed by atoms with Crippen LogP contribution in [0.5, 0.6) is 0 Å². The van der Waals surface area contributed by atoms with Crippen LogP contribution in [0.25, 0.3) is 10.3 Å².